The fourth-order valence-corrected chi connectivity index (χ4v) is 6.29. The van der Waals surface area contributed by atoms with Crippen molar-refractivity contribution in [3.05, 3.63) is 107 Å². The van der Waals surface area contributed by atoms with Crippen LogP contribution in [0.5, 0.6) is 5.75 Å². The lowest BCUT2D eigenvalue weighted by molar-refractivity contribution is -0.275. The van der Waals surface area contributed by atoms with Gasteiger partial charge in [-0.25, -0.2) is 4.39 Å². The molecule has 50 heavy (non-hydrogen) atoms. The lowest BCUT2D eigenvalue weighted by Gasteiger charge is -2.29. The first-order valence-corrected chi connectivity index (χ1v) is 17.0. The van der Waals surface area contributed by atoms with E-state index in [1.54, 1.807) is 30.3 Å². The SMILES string of the molecule is O=C(O)CCSCc1cccc(C(=O)Nc2ccc(N3CCCCC3)cc2-c2cc(C(=O)NCc3ccc(OC(F)(F)F)c(F)c3)ccn2)c1. The van der Waals surface area contributed by atoms with Crippen molar-refractivity contribution < 1.29 is 41.8 Å². The fourth-order valence-electron chi connectivity index (χ4n) is 5.41. The summed E-state index contributed by atoms with van der Waals surface area (Å²) in [6.45, 7) is 1.59. The molecular weight excluding hydrogens is 676 g/mol. The van der Waals surface area contributed by atoms with Crippen molar-refractivity contribution in [1.82, 2.24) is 10.3 Å². The van der Waals surface area contributed by atoms with Crippen molar-refractivity contribution in [2.45, 2.75) is 44.3 Å². The zero-order chi connectivity index (χ0) is 35.7. The fraction of sp³-hybridized carbons (Fsp3) is 0.278. The Hall–Kier alpha value is -5.11. The number of nitrogens with one attached hydrogen (secondary N) is 2. The number of carbonyl (C=O) groups excluding carboxylic acids is 2. The number of aliphatic carboxylic acids is 1. The van der Waals surface area contributed by atoms with Gasteiger partial charge in [0.1, 0.15) is 0 Å². The van der Waals surface area contributed by atoms with E-state index in [2.05, 4.69) is 25.3 Å². The predicted octanol–water partition coefficient (Wildman–Crippen LogP) is 7.67. The molecule has 0 aliphatic carbocycles. The number of carboxylic acids is 1. The summed E-state index contributed by atoms with van der Waals surface area (Å²) in [4.78, 5) is 44.2. The van der Waals surface area contributed by atoms with Gasteiger partial charge in [-0.05, 0) is 85.0 Å². The van der Waals surface area contributed by atoms with Crippen molar-refractivity contribution in [3.8, 4) is 17.0 Å². The molecule has 5 rings (SSSR count). The molecule has 9 nitrogen and oxygen atoms in total. The maximum atomic E-state index is 14.2. The second-order valence-electron chi connectivity index (χ2n) is 11.6. The summed E-state index contributed by atoms with van der Waals surface area (Å²) < 4.78 is 55.3. The van der Waals surface area contributed by atoms with E-state index < -0.39 is 29.8 Å². The molecule has 0 radical (unpaired) electrons. The Morgan fingerprint density at radius 1 is 0.900 bits per heavy atom. The number of ether oxygens (including phenoxy) is 1. The molecule has 1 fully saturated rings. The van der Waals surface area contributed by atoms with Crippen LogP contribution in [0.25, 0.3) is 11.3 Å². The van der Waals surface area contributed by atoms with Crippen LogP contribution in [-0.4, -0.2) is 53.1 Å². The van der Waals surface area contributed by atoms with Crippen LogP contribution >= 0.6 is 11.8 Å². The molecule has 0 unspecified atom stereocenters. The molecule has 2 amide bonds. The van der Waals surface area contributed by atoms with Gasteiger partial charge in [0.05, 0.1) is 17.8 Å². The number of alkyl halides is 3. The summed E-state index contributed by atoms with van der Waals surface area (Å²) in [6, 6.07) is 18.7. The number of thioether (sulfide) groups is 1. The largest absolute Gasteiger partial charge is 0.573 e. The van der Waals surface area contributed by atoms with Crippen molar-refractivity contribution in [2.24, 2.45) is 0 Å². The highest BCUT2D eigenvalue weighted by atomic mass is 32.2. The van der Waals surface area contributed by atoms with Gasteiger partial charge < -0.3 is 25.4 Å². The first-order chi connectivity index (χ1) is 23.9. The Kier molecular flexibility index (Phi) is 12.0. The van der Waals surface area contributed by atoms with Gasteiger partial charge in [0.25, 0.3) is 11.8 Å². The maximum Gasteiger partial charge on any atom is 0.573 e. The lowest BCUT2D eigenvalue weighted by Crippen LogP contribution is -2.29. The van der Waals surface area contributed by atoms with Crippen LogP contribution in [0.1, 0.15) is 57.5 Å². The first-order valence-electron chi connectivity index (χ1n) is 15.8. The summed E-state index contributed by atoms with van der Waals surface area (Å²) in [7, 11) is 0. The van der Waals surface area contributed by atoms with Crippen molar-refractivity contribution in [3.63, 3.8) is 0 Å². The Morgan fingerprint density at radius 2 is 1.68 bits per heavy atom. The Morgan fingerprint density at radius 3 is 2.42 bits per heavy atom. The number of nitrogens with zero attached hydrogens (tertiary/aromatic N) is 2. The molecule has 1 aromatic heterocycles. The van der Waals surface area contributed by atoms with Gasteiger partial charge in [-0.15, -0.1) is 13.2 Å². The van der Waals surface area contributed by atoms with Crippen LogP contribution in [0.2, 0.25) is 0 Å². The van der Waals surface area contributed by atoms with E-state index in [1.807, 2.05) is 18.2 Å². The van der Waals surface area contributed by atoms with Gasteiger partial charge in [-0.3, -0.25) is 19.4 Å². The standard InChI is InChI=1S/C36H34F4N4O5S/c37-29-18-23(7-10-32(29)49-36(38,39)40)21-42-34(47)26-11-13-41-31(19-26)28-20-27(44-14-2-1-3-15-44)8-9-30(28)43-35(48)25-6-4-5-24(17-25)22-50-16-12-33(45)46/h4-11,13,17-20H,1-3,12,14-16,21-22H2,(H,42,47)(H,43,48)(H,45,46). The number of anilines is 2. The molecule has 1 aliphatic rings. The highest BCUT2D eigenvalue weighted by Crippen LogP contribution is 2.33. The van der Waals surface area contributed by atoms with Gasteiger partial charge in [0.2, 0.25) is 0 Å². The molecule has 2 heterocycles. The molecule has 0 bridgehead atoms. The number of carbonyl (C=O) groups is 3. The van der Waals surface area contributed by atoms with E-state index in [1.165, 1.54) is 30.1 Å². The molecule has 1 aliphatic heterocycles. The van der Waals surface area contributed by atoms with Gasteiger partial charge in [0.15, 0.2) is 11.6 Å². The summed E-state index contributed by atoms with van der Waals surface area (Å²) in [6.07, 6.45) is -0.288. The van der Waals surface area contributed by atoms with Gasteiger partial charge in [-0.2, -0.15) is 11.8 Å². The Balaban J connectivity index is 1.35. The molecule has 0 spiro atoms. The van der Waals surface area contributed by atoms with Gasteiger partial charge in [0, 0.05) is 59.7 Å². The van der Waals surface area contributed by atoms with Crippen LogP contribution in [0.15, 0.2) is 79.0 Å². The van der Waals surface area contributed by atoms with E-state index >= 15 is 0 Å². The number of aromatic nitrogens is 1. The molecule has 3 aromatic carbocycles. The minimum atomic E-state index is -5.04. The first kappa shape index (κ1) is 36.2. The predicted molar refractivity (Wildman–Crippen MR) is 183 cm³/mol. The molecule has 1 saturated heterocycles. The summed E-state index contributed by atoms with van der Waals surface area (Å²) >= 11 is 1.47. The highest BCUT2D eigenvalue weighted by molar-refractivity contribution is 7.98. The third kappa shape index (κ3) is 10.2. The zero-order valence-electron chi connectivity index (χ0n) is 26.8. The van der Waals surface area contributed by atoms with Crippen LogP contribution in [0.4, 0.5) is 28.9 Å². The topological polar surface area (TPSA) is 121 Å². The second kappa shape index (κ2) is 16.5. The van der Waals surface area contributed by atoms with Crippen molar-refractivity contribution in [2.75, 3.05) is 29.1 Å². The lowest BCUT2D eigenvalue weighted by atomic mass is 10.0. The van der Waals surface area contributed by atoms with E-state index in [0.29, 0.717) is 34.0 Å². The Bertz CT molecular complexity index is 1850. The van der Waals surface area contributed by atoms with Crippen LogP contribution < -0.4 is 20.3 Å². The minimum absolute atomic E-state index is 0.0515. The van der Waals surface area contributed by atoms with Crippen LogP contribution in [0, 0.1) is 5.82 Å². The highest BCUT2D eigenvalue weighted by Gasteiger charge is 2.32. The molecule has 14 heteroatoms. The van der Waals surface area contributed by atoms with E-state index in [-0.39, 0.29) is 30.0 Å². The van der Waals surface area contributed by atoms with Gasteiger partial charge in [-0.1, -0.05) is 18.2 Å². The number of benzene rings is 3. The zero-order valence-corrected chi connectivity index (χ0v) is 27.6. The molecule has 3 N–H and O–H groups in total. The number of piperidine rings is 1. The van der Waals surface area contributed by atoms with E-state index in [9.17, 15) is 31.9 Å². The average molecular weight is 711 g/mol. The summed E-state index contributed by atoms with van der Waals surface area (Å²) in [5.41, 5.74) is 4.15. The third-order valence-electron chi connectivity index (χ3n) is 7.86. The van der Waals surface area contributed by atoms with Gasteiger partial charge >= 0.3 is 12.3 Å². The molecule has 4 aromatic rings. The molecular formula is C36H34F4N4O5S. The summed E-state index contributed by atoms with van der Waals surface area (Å²) in [5.74, 6) is -2.93. The number of halogens is 4. The number of carboxylic acid groups (broad SMARTS) is 1. The number of hydrogen-bond acceptors (Lipinski definition) is 7. The van der Waals surface area contributed by atoms with Crippen molar-refractivity contribution in [1.29, 1.82) is 0 Å². The normalized spacial score (nSPS) is 13.1. The second-order valence-corrected chi connectivity index (χ2v) is 12.7. The quantitative estimate of drug-likeness (QED) is 0.0956. The maximum absolute atomic E-state index is 14.2. The number of rotatable bonds is 13. The average Bonchev–Trinajstić information content (AvgIpc) is 3.10. The molecule has 0 atom stereocenters. The number of amides is 2. The summed E-state index contributed by atoms with van der Waals surface area (Å²) in [5, 5.41) is 14.5. The Labute approximate surface area is 290 Å². The van der Waals surface area contributed by atoms with Crippen LogP contribution in [0.3, 0.4) is 0 Å². The van der Waals surface area contributed by atoms with E-state index in [0.717, 1.165) is 55.7 Å². The monoisotopic (exact) mass is 710 g/mol. The van der Waals surface area contributed by atoms with Crippen LogP contribution in [-0.2, 0) is 17.1 Å². The number of hydrogen-bond donors (Lipinski definition) is 3. The smallest absolute Gasteiger partial charge is 0.481 e. The third-order valence-corrected chi connectivity index (χ3v) is 8.89. The minimum Gasteiger partial charge on any atom is -0.481 e. The molecule has 0 saturated carbocycles. The number of pyridine rings is 1. The molecule has 262 valence electrons. The van der Waals surface area contributed by atoms with Crippen molar-refractivity contribution >= 4 is 40.9 Å². The van der Waals surface area contributed by atoms with E-state index in [4.69, 9.17) is 5.11 Å².